The van der Waals surface area contributed by atoms with Gasteiger partial charge < -0.3 is 10.8 Å². The van der Waals surface area contributed by atoms with E-state index in [0.717, 1.165) is 28.0 Å². The number of anilines is 1. The van der Waals surface area contributed by atoms with Crippen molar-refractivity contribution in [2.75, 3.05) is 5.01 Å². The molecule has 0 amide bonds. The summed E-state index contributed by atoms with van der Waals surface area (Å²) in [6.45, 7) is 5.82. The highest BCUT2D eigenvalue weighted by molar-refractivity contribution is 6.30. The molecule has 1 unspecified atom stereocenters. The first-order valence-electron chi connectivity index (χ1n) is 8.62. The maximum Gasteiger partial charge on any atom is 0.111 e. The van der Waals surface area contributed by atoms with Crippen LogP contribution in [-0.2, 0) is 5.60 Å². The van der Waals surface area contributed by atoms with Gasteiger partial charge in [0.25, 0.3) is 0 Å². The van der Waals surface area contributed by atoms with E-state index in [2.05, 4.69) is 0 Å². The van der Waals surface area contributed by atoms with Crippen molar-refractivity contribution < 1.29 is 5.11 Å². The highest BCUT2D eigenvalue weighted by atomic mass is 35.5. The fraction of sp³-hybridized carbons (Fsp3) is 0.238. The molecule has 0 radical (unpaired) electrons. The van der Waals surface area contributed by atoms with Gasteiger partial charge in [-0.1, -0.05) is 42.8 Å². The molecule has 136 valence electrons. The Morgan fingerprint density at radius 1 is 1.08 bits per heavy atom. The third kappa shape index (κ3) is 2.80. The molecule has 5 N–H and O–H groups in total. The zero-order valence-corrected chi connectivity index (χ0v) is 16.0. The predicted octanol–water partition coefficient (Wildman–Crippen LogP) is 4.30. The summed E-state index contributed by atoms with van der Waals surface area (Å²) in [6.07, 6.45) is 0.541. The molecular formula is C21H24ClN3O. The Balaban J connectivity index is 2.29. The third-order valence-electron chi connectivity index (χ3n) is 5.33. The Bertz CT molecular complexity index is 902. The minimum absolute atomic E-state index is 0.541. The van der Waals surface area contributed by atoms with Crippen molar-refractivity contribution in [3.05, 3.63) is 81.5 Å². The number of allylic oxidation sites excluding steroid dienone is 1. The first-order chi connectivity index (χ1) is 12.3. The number of benzene rings is 2. The molecule has 2 aromatic carbocycles. The minimum Gasteiger partial charge on any atom is -0.397 e. The molecule has 1 aliphatic rings. The van der Waals surface area contributed by atoms with Crippen molar-refractivity contribution in [3.63, 3.8) is 0 Å². The molecular weight excluding hydrogens is 346 g/mol. The molecule has 1 atom stereocenters. The Kier molecular flexibility index (Phi) is 4.84. The highest BCUT2D eigenvalue weighted by Crippen LogP contribution is 2.44. The lowest BCUT2D eigenvalue weighted by Crippen LogP contribution is -2.32. The molecule has 26 heavy (non-hydrogen) atoms. The van der Waals surface area contributed by atoms with Crippen molar-refractivity contribution in [1.82, 2.24) is 0 Å². The van der Waals surface area contributed by atoms with E-state index in [4.69, 9.17) is 23.2 Å². The number of nitrogens with zero attached hydrogens (tertiary/aromatic N) is 1. The van der Waals surface area contributed by atoms with Gasteiger partial charge in [0.05, 0.1) is 17.1 Å². The molecule has 0 fully saturated rings. The van der Waals surface area contributed by atoms with Crippen LogP contribution in [0.1, 0.15) is 38.3 Å². The summed E-state index contributed by atoms with van der Waals surface area (Å²) in [5, 5.41) is 13.7. The molecule has 2 aromatic rings. The fourth-order valence-corrected chi connectivity index (χ4v) is 3.66. The topological polar surface area (TPSA) is 75.5 Å². The predicted molar refractivity (Wildman–Crippen MR) is 108 cm³/mol. The van der Waals surface area contributed by atoms with Crippen molar-refractivity contribution in [1.29, 1.82) is 0 Å². The molecule has 0 aromatic heterocycles. The lowest BCUT2D eigenvalue weighted by Gasteiger charge is -2.31. The summed E-state index contributed by atoms with van der Waals surface area (Å²) in [4.78, 5) is 0. The normalized spacial score (nSPS) is 20.1. The van der Waals surface area contributed by atoms with Crippen LogP contribution in [-0.4, -0.2) is 5.11 Å². The van der Waals surface area contributed by atoms with Gasteiger partial charge in [0.2, 0.25) is 0 Å². The van der Waals surface area contributed by atoms with E-state index in [9.17, 15) is 5.11 Å². The van der Waals surface area contributed by atoms with Gasteiger partial charge in [-0.15, -0.1) is 0 Å². The van der Waals surface area contributed by atoms with E-state index < -0.39 is 5.60 Å². The molecule has 1 aliphatic carbocycles. The Morgan fingerprint density at radius 3 is 2.31 bits per heavy atom. The number of fused-ring (bicyclic) bond motifs is 1. The van der Waals surface area contributed by atoms with Crippen LogP contribution in [0.4, 0.5) is 5.69 Å². The zero-order valence-electron chi connectivity index (χ0n) is 15.3. The average Bonchev–Trinajstić information content (AvgIpc) is 2.72. The van der Waals surface area contributed by atoms with Crippen molar-refractivity contribution >= 4 is 23.0 Å². The second-order valence-corrected chi connectivity index (χ2v) is 7.05. The summed E-state index contributed by atoms with van der Waals surface area (Å²) < 4.78 is 0. The number of aliphatic hydroxyl groups is 1. The van der Waals surface area contributed by atoms with Gasteiger partial charge in [-0.2, -0.15) is 0 Å². The minimum atomic E-state index is -1.09. The monoisotopic (exact) mass is 369 g/mol. The van der Waals surface area contributed by atoms with Gasteiger partial charge in [0, 0.05) is 10.6 Å². The van der Waals surface area contributed by atoms with Crippen LogP contribution in [0.2, 0.25) is 5.02 Å². The third-order valence-corrected chi connectivity index (χ3v) is 5.58. The maximum atomic E-state index is 11.5. The van der Waals surface area contributed by atoms with Gasteiger partial charge in [0.1, 0.15) is 5.60 Å². The lowest BCUT2D eigenvalue weighted by molar-refractivity contribution is 0.0711. The number of rotatable bonds is 3. The van der Waals surface area contributed by atoms with Gasteiger partial charge in [-0.3, -0.25) is 5.01 Å². The number of nitrogens with two attached hydrogens (primary N) is 2. The first kappa shape index (κ1) is 18.5. The summed E-state index contributed by atoms with van der Waals surface area (Å²) in [5.41, 5.74) is 10.7. The van der Waals surface area contributed by atoms with Gasteiger partial charge in [0.15, 0.2) is 0 Å². The summed E-state index contributed by atoms with van der Waals surface area (Å²) in [5.74, 6) is 6.48. The number of halogens is 1. The standard InChI is InChI=1S/C21H24ClN3O/c1-4-21(26)14(3)13(2)19(23)20(17-7-5-6-8-18(17)21)25(24)16-11-9-15(22)10-12-16/h5-12,26H,4,23-24H2,1-3H3. The van der Waals surface area contributed by atoms with E-state index in [1.807, 2.05) is 57.2 Å². The average molecular weight is 370 g/mol. The van der Waals surface area contributed by atoms with Gasteiger partial charge in [-0.05, 0) is 61.2 Å². The molecule has 0 spiro atoms. The lowest BCUT2D eigenvalue weighted by atomic mass is 9.81. The van der Waals surface area contributed by atoms with Crippen LogP contribution in [0.5, 0.6) is 0 Å². The Labute approximate surface area is 159 Å². The van der Waals surface area contributed by atoms with Crippen LogP contribution < -0.4 is 16.6 Å². The van der Waals surface area contributed by atoms with Crippen molar-refractivity contribution in [3.8, 4) is 0 Å². The van der Waals surface area contributed by atoms with E-state index >= 15 is 0 Å². The van der Waals surface area contributed by atoms with Crippen LogP contribution in [0.15, 0.2) is 65.4 Å². The first-order valence-corrected chi connectivity index (χ1v) is 8.99. The number of hydrogen-bond donors (Lipinski definition) is 3. The highest BCUT2D eigenvalue weighted by Gasteiger charge is 2.37. The zero-order chi connectivity index (χ0) is 19.1. The second-order valence-electron chi connectivity index (χ2n) is 6.62. The van der Waals surface area contributed by atoms with E-state index in [1.54, 1.807) is 17.1 Å². The number of hydrazine groups is 1. The quantitative estimate of drug-likeness (QED) is 0.557. The largest absolute Gasteiger partial charge is 0.397 e. The van der Waals surface area contributed by atoms with E-state index in [-0.39, 0.29) is 0 Å². The van der Waals surface area contributed by atoms with E-state index in [1.165, 1.54) is 0 Å². The van der Waals surface area contributed by atoms with Crippen LogP contribution in [0.25, 0.3) is 5.70 Å². The summed E-state index contributed by atoms with van der Waals surface area (Å²) in [6, 6.07) is 15.0. The molecule has 3 rings (SSSR count). The van der Waals surface area contributed by atoms with Crippen molar-refractivity contribution in [2.24, 2.45) is 11.6 Å². The van der Waals surface area contributed by atoms with E-state index in [0.29, 0.717) is 22.8 Å². The van der Waals surface area contributed by atoms with Crippen LogP contribution in [0, 0.1) is 0 Å². The van der Waals surface area contributed by atoms with Gasteiger partial charge >= 0.3 is 0 Å². The summed E-state index contributed by atoms with van der Waals surface area (Å²) in [7, 11) is 0. The van der Waals surface area contributed by atoms with Crippen LogP contribution >= 0.6 is 11.6 Å². The SMILES string of the molecule is CCC1(O)C(C)=C(C)C(N)=C(N(N)c2ccc(Cl)cc2)c2ccccc21. The Morgan fingerprint density at radius 2 is 1.69 bits per heavy atom. The smallest absolute Gasteiger partial charge is 0.111 e. The second kappa shape index (κ2) is 6.80. The fourth-order valence-electron chi connectivity index (χ4n) is 3.53. The summed E-state index contributed by atoms with van der Waals surface area (Å²) >= 11 is 6.00. The molecule has 4 nitrogen and oxygen atoms in total. The van der Waals surface area contributed by atoms with Crippen molar-refractivity contribution in [2.45, 2.75) is 32.8 Å². The molecule has 0 aliphatic heterocycles. The van der Waals surface area contributed by atoms with Crippen LogP contribution in [0.3, 0.4) is 0 Å². The molecule has 0 bridgehead atoms. The van der Waals surface area contributed by atoms with Gasteiger partial charge in [-0.25, -0.2) is 5.84 Å². The molecule has 0 heterocycles. The number of hydrogen-bond acceptors (Lipinski definition) is 4. The Hall–Kier alpha value is -2.27. The molecule has 5 heteroatoms. The molecule has 0 saturated heterocycles. The molecule has 0 saturated carbocycles. The maximum absolute atomic E-state index is 11.5.